The van der Waals surface area contributed by atoms with Crippen molar-refractivity contribution in [1.82, 2.24) is 15.1 Å². The van der Waals surface area contributed by atoms with Gasteiger partial charge in [-0.3, -0.25) is 0 Å². The molecule has 1 aliphatic rings. The molecular formula is C14H14N4OS. The third-order valence-electron chi connectivity index (χ3n) is 3.33. The Labute approximate surface area is 121 Å². The lowest BCUT2D eigenvalue weighted by atomic mass is 10.3. The Morgan fingerprint density at radius 1 is 1.35 bits per heavy atom. The summed E-state index contributed by atoms with van der Waals surface area (Å²) in [5.74, 6) is 1.91. The van der Waals surface area contributed by atoms with Crippen molar-refractivity contribution in [2.75, 3.05) is 0 Å². The van der Waals surface area contributed by atoms with Crippen molar-refractivity contribution in [1.29, 1.82) is 5.26 Å². The lowest BCUT2D eigenvalue weighted by molar-refractivity contribution is 0.424. The van der Waals surface area contributed by atoms with Gasteiger partial charge < -0.3 is 4.52 Å². The van der Waals surface area contributed by atoms with Gasteiger partial charge in [0.2, 0.25) is 0 Å². The lowest BCUT2D eigenvalue weighted by Gasteiger charge is -2.04. The van der Waals surface area contributed by atoms with Crippen LogP contribution < -0.4 is 0 Å². The molecule has 0 bridgehead atoms. The van der Waals surface area contributed by atoms with E-state index in [2.05, 4.69) is 15.1 Å². The first kappa shape index (κ1) is 13.1. The van der Waals surface area contributed by atoms with E-state index in [0.717, 1.165) is 11.0 Å². The number of nitriles is 1. The summed E-state index contributed by atoms with van der Waals surface area (Å²) in [7, 11) is 0. The summed E-state index contributed by atoms with van der Waals surface area (Å²) in [5, 5.41) is 13.5. The van der Waals surface area contributed by atoms with E-state index in [1.807, 2.05) is 17.8 Å². The van der Waals surface area contributed by atoms with Crippen LogP contribution in [0, 0.1) is 11.3 Å². The Bertz CT molecular complexity index is 611. The molecule has 0 aromatic carbocycles. The molecule has 2 heterocycles. The minimum absolute atomic E-state index is 0.413. The van der Waals surface area contributed by atoms with Crippen LogP contribution in [0.25, 0.3) is 11.6 Å². The van der Waals surface area contributed by atoms with Gasteiger partial charge in [-0.05, 0) is 25.0 Å². The molecule has 1 saturated carbocycles. The highest BCUT2D eigenvalue weighted by Gasteiger charge is 2.17. The zero-order valence-corrected chi connectivity index (χ0v) is 11.8. The maximum atomic E-state index is 8.73. The normalized spacial score (nSPS) is 15.3. The Morgan fingerprint density at radius 3 is 2.90 bits per heavy atom. The number of nitrogens with zero attached hydrogens (tertiary/aromatic N) is 4. The molecular weight excluding hydrogens is 272 g/mol. The van der Waals surface area contributed by atoms with Gasteiger partial charge in [-0.1, -0.05) is 18.0 Å². The smallest absolute Gasteiger partial charge is 0.276 e. The van der Waals surface area contributed by atoms with Crippen molar-refractivity contribution >= 4 is 11.8 Å². The summed E-state index contributed by atoms with van der Waals surface area (Å²) in [5.41, 5.74) is 1.12. The second-order valence-corrected chi connectivity index (χ2v) is 6.07. The predicted molar refractivity (Wildman–Crippen MR) is 75.8 cm³/mol. The average Bonchev–Trinajstić information content (AvgIpc) is 3.17. The van der Waals surface area contributed by atoms with Crippen molar-refractivity contribution in [2.24, 2.45) is 0 Å². The minimum Gasteiger partial charge on any atom is -0.332 e. The molecule has 1 fully saturated rings. The van der Waals surface area contributed by atoms with Crippen LogP contribution in [-0.4, -0.2) is 20.4 Å². The van der Waals surface area contributed by atoms with Gasteiger partial charge in [0, 0.05) is 11.4 Å². The fourth-order valence-electron chi connectivity index (χ4n) is 2.25. The van der Waals surface area contributed by atoms with Crippen LogP contribution in [0.5, 0.6) is 0 Å². The van der Waals surface area contributed by atoms with Gasteiger partial charge in [-0.2, -0.15) is 22.0 Å². The minimum atomic E-state index is 0.413. The molecule has 0 atom stereocenters. The Hall–Kier alpha value is -1.87. The topological polar surface area (TPSA) is 75.6 Å². The molecule has 6 heteroatoms. The van der Waals surface area contributed by atoms with Crippen molar-refractivity contribution in [2.45, 2.75) is 36.7 Å². The summed E-state index contributed by atoms with van der Waals surface area (Å²) in [6.45, 7) is 0. The zero-order valence-electron chi connectivity index (χ0n) is 11.0. The number of pyridine rings is 1. The van der Waals surface area contributed by atoms with Crippen molar-refractivity contribution in [3.63, 3.8) is 0 Å². The van der Waals surface area contributed by atoms with Gasteiger partial charge in [0.25, 0.3) is 5.89 Å². The average molecular weight is 286 g/mol. The first-order chi connectivity index (χ1) is 9.85. The highest BCUT2D eigenvalue weighted by molar-refractivity contribution is 7.99. The van der Waals surface area contributed by atoms with Crippen LogP contribution in [0.15, 0.2) is 22.9 Å². The molecule has 0 unspecified atom stereocenters. The molecule has 2 aromatic heterocycles. The summed E-state index contributed by atoms with van der Waals surface area (Å²) in [4.78, 5) is 8.50. The Balaban J connectivity index is 1.64. The van der Waals surface area contributed by atoms with Crippen molar-refractivity contribution in [3.8, 4) is 17.7 Å². The quantitative estimate of drug-likeness (QED) is 0.859. The summed E-state index contributed by atoms with van der Waals surface area (Å²) in [6, 6.07) is 5.45. The second-order valence-electron chi connectivity index (χ2n) is 4.78. The van der Waals surface area contributed by atoms with Crippen molar-refractivity contribution in [3.05, 3.63) is 29.7 Å². The summed E-state index contributed by atoms with van der Waals surface area (Å²) >= 11 is 1.90. The fourth-order valence-corrected chi connectivity index (χ4v) is 3.42. The first-order valence-corrected chi connectivity index (χ1v) is 7.71. The third-order valence-corrected chi connectivity index (χ3v) is 4.70. The van der Waals surface area contributed by atoms with Crippen LogP contribution in [-0.2, 0) is 5.75 Å². The molecule has 20 heavy (non-hydrogen) atoms. The SMILES string of the molecule is N#Cc1ccc(-c2nc(CSC3CCCC3)no2)nc1. The van der Waals surface area contributed by atoms with Gasteiger partial charge in [0.05, 0.1) is 11.3 Å². The van der Waals surface area contributed by atoms with Crippen LogP contribution in [0.3, 0.4) is 0 Å². The van der Waals surface area contributed by atoms with Crippen LogP contribution >= 0.6 is 11.8 Å². The molecule has 0 saturated heterocycles. The van der Waals surface area contributed by atoms with E-state index in [1.165, 1.54) is 31.9 Å². The number of hydrogen-bond acceptors (Lipinski definition) is 6. The molecule has 1 aliphatic carbocycles. The molecule has 102 valence electrons. The second kappa shape index (κ2) is 6.06. The van der Waals surface area contributed by atoms with Crippen molar-refractivity contribution < 1.29 is 4.52 Å². The number of thioether (sulfide) groups is 1. The third kappa shape index (κ3) is 2.99. The molecule has 0 aliphatic heterocycles. The largest absolute Gasteiger partial charge is 0.332 e. The highest BCUT2D eigenvalue weighted by atomic mass is 32.2. The summed E-state index contributed by atoms with van der Waals surface area (Å²) in [6.07, 6.45) is 6.78. The van der Waals surface area contributed by atoms with E-state index < -0.39 is 0 Å². The predicted octanol–water partition coefficient (Wildman–Crippen LogP) is 3.18. The summed E-state index contributed by atoms with van der Waals surface area (Å²) < 4.78 is 5.22. The van der Waals surface area contributed by atoms with Gasteiger partial charge in [0.1, 0.15) is 11.8 Å². The molecule has 5 nitrogen and oxygen atoms in total. The van der Waals surface area contributed by atoms with E-state index in [4.69, 9.17) is 9.78 Å². The maximum Gasteiger partial charge on any atom is 0.276 e. The maximum absolute atomic E-state index is 8.73. The van der Waals surface area contributed by atoms with Crippen LogP contribution in [0.2, 0.25) is 0 Å². The standard InChI is InChI=1S/C14H14N4OS/c15-7-10-5-6-12(16-8-10)14-17-13(18-19-14)9-20-11-3-1-2-4-11/h5-6,8,11H,1-4,9H2. The van der Waals surface area contributed by atoms with E-state index in [9.17, 15) is 0 Å². The van der Waals surface area contributed by atoms with E-state index >= 15 is 0 Å². The zero-order chi connectivity index (χ0) is 13.8. The highest BCUT2D eigenvalue weighted by Crippen LogP contribution is 2.31. The van der Waals surface area contributed by atoms with Gasteiger partial charge in [-0.15, -0.1) is 0 Å². The lowest BCUT2D eigenvalue weighted by Crippen LogP contribution is -1.95. The van der Waals surface area contributed by atoms with E-state index in [0.29, 0.717) is 23.0 Å². The van der Waals surface area contributed by atoms with E-state index in [1.54, 1.807) is 12.1 Å². The molecule has 0 radical (unpaired) electrons. The van der Waals surface area contributed by atoms with Crippen LogP contribution in [0.1, 0.15) is 37.1 Å². The van der Waals surface area contributed by atoms with Crippen LogP contribution in [0.4, 0.5) is 0 Å². The van der Waals surface area contributed by atoms with Gasteiger partial charge >= 0.3 is 0 Å². The monoisotopic (exact) mass is 286 g/mol. The Kier molecular flexibility index (Phi) is 3.97. The molecule has 3 rings (SSSR count). The molecule has 0 spiro atoms. The number of hydrogen-bond donors (Lipinski definition) is 0. The van der Waals surface area contributed by atoms with Gasteiger partial charge in [-0.25, -0.2) is 4.98 Å². The fraction of sp³-hybridized carbons (Fsp3) is 0.429. The molecule has 0 amide bonds. The van der Waals surface area contributed by atoms with Gasteiger partial charge in [0.15, 0.2) is 5.82 Å². The number of aromatic nitrogens is 3. The number of rotatable bonds is 4. The first-order valence-electron chi connectivity index (χ1n) is 6.66. The van der Waals surface area contributed by atoms with E-state index in [-0.39, 0.29) is 0 Å². The Morgan fingerprint density at radius 2 is 2.20 bits per heavy atom. The molecule has 0 N–H and O–H groups in total. The molecule has 2 aromatic rings.